The fourth-order valence-corrected chi connectivity index (χ4v) is 3.89. The summed E-state index contributed by atoms with van der Waals surface area (Å²) < 4.78 is 1.89. The van der Waals surface area contributed by atoms with Gasteiger partial charge in [0.25, 0.3) is 0 Å². The molecule has 0 saturated carbocycles. The molecule has 0 amide bonds. The summed E-state index contributed by atoms with van der Waals surface area (Å²) in [4.78, 5) is 9.26. The average Bonchev–Trinajstić information content (AvgIpc) is 3.35. The number of fused-ring (bicyclic) bond motifs is 1. The first-order valence-corrected chi connectivity index (χ1v) is 9.72. The van der Waals surface area contributed by atoms with E-state index >= 15 is 0 Å². The number of aromatic nitrogens is 4. The monoisotopic (exact) mass is 376 g/mol. The van der Waals surface area contributed by atoms with E-state index in [4.69, 9.17) is 4.98 Å². The predicted octanol–water partition coefficient (Wildman–Crippen LogP) is 2.13. The number of rotatable bonds is 4. The number of hydrogen-bond acceptors (Lipinski definition) is 7. The van der Waals surface area contributed by atoms with Gasteiger partial charge in [-0.15, -0.1) is 0 Å². The zero-order valence-electron chi connectivity index (χ0n) is 15.9. The molecule has 3 aromatic rings. The van der Waals surface area contributed by atoms with Gasteiger partial charge in [-0.25, -0.2) is 10.4 Å². The molecule has 1 atom stereocenters. The van der Waals surface area contributed by atoms with Crippen molar-refractivity contribution in [2.24, 2.45) is 0 Å². The normalized spacial score (nSPS) is 19.8. The highest BCUT2D eigenvalue weighted by molar-refractivity contribution is 5.78. The number of pyridine rings is 1. The average molecular weight is 376 g/mol. The van der Waals surface area contributed by atoms with E-state index in [9.17, 15) is 0 Å². The second-order valence-electron chi connectivity index (χ2n) is 7.37. The smallest absolute Gasteiger partial charge is 0.165 e. The number of piperidine rings is 1. The molecule has 1 unspecified atom stereocenters. The molecule has 8 heteroatoms. The Morgan fingerprint density at radius 1 is 1.29 bits per heavy atom. The summed E-state index contributed by atoms with van der Waals surface area (Å²) in [5.41, 5.74) is 8.48. The van der Waals surface area contributed by atoms with Gasteiger partial charge in [0.2, 0.25) is 0 Å². The third kappa shape index (κ3) is 3.21. The summed E-state index contributed by atoms with van der Waals surface area (Å²) in [5.74, 6) is 1.32. The minimum atomic E-state index is 0.411. The number of nitrogens with zero attached hydrogens (tertiary/aromatic N) is 5. The molecule has 1 fully saturated rings. The van der Waals surface area contributed by atoms with Gasteiger partial charge >= 0.3 is 0 Å². The van der Waals surface area contributed by atoms with Crippen LogP contribution >= 0.6 is 0 Å². The van der Waals surface area contributed by atoms with Crippen LogP contribution in [-0.2, 0) is 0 Å². The number of nitrogens with one attached hydrogen (secondary N) is 3. The van der Waals surface area contributed by atoms with Crippen molar-refractivity contribution in [3.63, 3.8) is 0 Å². The van der Waals surface area contributed by atoms with Crippen LogP contribution < -0.4 is 16.1 Å². The molecule has 3 N–H and O–H groups in total. The Hall–Kier alpha value is -2.97. The number of anilines is 2. The topological polar surface area (TPSA) is 82.4 Å². The Kier molecular flexibility index (Phi) is 4.42. The predicted molar refractivity (Wildman–Crippen MR) is 109 cm³/mol. The molecule has 0 bridgehead atoms. The molecule has 5 heterocycles. The first kappa shape index (κ1) is 17.2. The molecule has 0 spiro atoms. The zero-order valence-corrected chi connectivity index (χ0v) is 15.9. The van der Waals surface area contributed by atoms with Crippen molar-refractivity contribution < 1.29 is 0 Å². The summed E-state index contributed by atoms with van der Waals surface area (Å²) >= 11 is 0. The van der Waals surface area contributed by atoms with Crippen molar-refractivity contribution in [2.75, 3.05) is 32.0 Å². The fraction of sp³-hybridized carbons (Fsp3) is 0.350. The Labute approximate surface area is 163 Å². The van der Waals surface area contributed by atoms with E-state index in [1.807, 2.05) is 41.1 Å². The van der Waals surface area contributed by atoms with Crippen LogP contribution in [-0.4, -0.2) is 51.3 Å². The minimum Gasteiger partial charge on any atom is -0.339 e. The molecule has 2 aliphatic rings. The van der Waals surface area contributed by atoms with Crippen molar-refractivity contribution in [2.45, 2.75) is 18.8 Å². The van der Waals surface area contributed by atoms with Crippen molar-refractivity contribution >= 4 is 22.7 Å². The third-order valence-electron chi connectivity index (χ3n) is 5.36. The number of hydrazine groups is 1. The quantitative estimate of drug-likeness (QED) is 0.643. The number of hydrogen-bond donors (Lipinski definition) is 3. The Morgan fingerprint density at radius 2 is 2.25 bits per heavy atom. The van der Waals surface area contributed by atoms with Gasteiger partial charge in [0.05, 0.1) is 23.8 Å². The largest absolute Gasteiger partial charge is 0.339 e. The van der Waals surface area contributed by atoms with Gasteiger partial charge in [-0.05, 0) is 37.1 Å². The lowest BCUT2D eigenvalue weighted by Gasteiger charge is -2.23. The maximum Gasteiger partial charge on any atom is 0.165 e. The van der Waals surface area contributed by atoms with Crippen LogP contribution in [0.5, 0.6) is 0 Å². The first-order chi connectivity index (χ1) is 13.8. The van der Waals surface area contributed by atoms with E-state index in [0.29, 0.717) is 5.92 Å². The molecule has 144 valence electrons. The van der Waals surface area contributed by atoms with Crippen molar-refractivity contribution in [3.05, 3.63) is 54.2 Å². The van der Waals surface area contributed by atoms with E-state index < -0.39 is 0 Å². The molecular weight excluding hydrogens is 352 g/mol. The first-order valence-electron chi connectivity index (χ1n) is 9.72. The molecule has 0 aromatic carbocycles. The van der Waals surface area contributed by atoms with Crippen LogP contribution in [0.15, 0.2) is 43.0 Å². The highest BCUT2D eigenvalue weighted by Crippen LogP contribution is 2.29. The fourth-order valence-electron chi connectivity index (χ4n) is 3.89. The van der Waals surface area contributed by atoms with E-state index in [-0.39, 0.29) is 0 Å². The Balaban J connectivity index is 1.62. The van der Waals surface area contributed by atoms with Crippen LogP contribution in [0.3, 0.4) is 0 Å². The van der Waals surface area contributed by atoms with Gasteiger partial charge in [-0.1, -0.05) is 0 Å². The van der Waals surface area contributed by atoms with Crippen molar-refractivity contribution in [1.29, 1.82) is 0 Å². The van der Waals surface area contributed by atoms with Crippen LogP contribution in [0.2, 0.25) is 0 Å². The highest BCUT2D eigenvalue weighted by Gasteiger charge is 2.22. The van der Waals surface area contributed by atoms with Gasteiger partial charge in [-0.2, -0.15) is 9.61 Å². The second-order valence-corrected chi connectivity index (χ2v) is 7.37. The van der Waals surface area contributed by atoms with Gasteiger partial charge < -0.3 is 15.6 Å². The molecule has 28 heavy (non-hydrogen) atoms. The summed E-state index contributed by atoms with van der Waals surface area (Å²) in [7, 11) is 2.00. The van der Waals surface area contributed by atoms with Crippen LogP contribution in [0.1, 0.15) is 30.0 Å². The molecule has 0 aliphatic carbocycles. The molecule has 3 aromatic heterocycles. The zero-order chi connectivity index (χ0) is 18.9. The summed E-state index contributed by atoms with van der Waals surface area (Å²) in [6.45, 7) is 2.83. The van der Waals surface area contributed by atoms with Crippen LogP contribution in [0, 0.1) is 0 Å². The maximum atomic E-state index is 5.05. The molecule has 1 saturated heterocycles. The van der Waals surface area contributed by atoms with E-state index in [1.165, 1.54) is 12.0 Å². The third-order valence-corrected chi connectivity index (χ3v) is 5.36. The van der Waals surface area contributed by atoms with Gasteiger partial charge in [0.1, 0.15) is 5.82 Å². The Bertz CT molecular complexity index is 1000. The molecule has 2 aliphatic heterocycles. The van der Waals surface area contributed by atoms with E-state index in [1.54, 1.807) is 6.20 Å². The SMILES string of the molecule is CN1C=C(c2cnn3c(Nc4cccnc4)cc(C4CCCNC4)nc23)CN1. The van der Waals surface area contributed by atoms with E-state index in [2.05, 4.69) is 38.4 Å². The lowest BCUT2D eigenvalue weighted by atomic mass is 9.96. The lowest BCUT2D eigenvalue weighted by molar-refractivity contribution is 0.374. The van der Waals surface area contributed by atoms with Crippen LogP contribution in [0.4, 0.5) is 11.5 Å². The van der Waals surface area contributed by atoms with Crippen molar-refractivity contribution in [1.82, 2.24) is 35.3 Å². The van der Waals surface area contributed by atoms with Crippen molar-refractivity contribution in [3.8, 4) is 0 Å². The van der Waals surface area contributed by atoms with Gasteiger partial charge in [0.15, 0.2) is 5.65 Å². The molecule has 8 nitrogen and oxygen atoms in total. The maximum absolute atomic E-state index is 5.05. The molecular formula is C20H24N8. The Morgan fingerprint density at radius 3 is 3.00 bits per heavy atom. The summed E-state index contributed by atoms with van der Waals surface area (Å²) in [5, 5.41) is 13.6. The summed E-state index contributed by atoms with van der Waals surface area (Å²) in [6.07, 6.45) is 9.92. The molecule has 0 radical (unpaired) electrons. The summed E-state index contributed by atoms with van der Waals surface area (Å²) in [6, 6.07) is 6.05. The van der Waals surface area contributed by atoms with Gasteiger partial charge in [-0.3, -0.25) is 4.98 Å². The highest BCUT2D eigenvalue weighted by atomic mass is 15.5. The standard InChI is InChI=1S/C20H24N8/c1-27-13-15(10-23-27)17-12-24-28-19(25-16-5-3-7-22-11-16)8-18(26-20(17)28)14-4-2-6-21-9-14/h3,5,7-8,11-14,21,23,25H,2,4,6,9-10H2,1H3. The molecule has 5 rings (SSSR count). The van der Waals surface area contributed by atoms with E-state index in [0.717, 1.165) is 54.5 Å². The second kappa shape index (κ2) is 7.21. The minimum absolute atomic E-state index is 0.411. The van der Waals surface area contributed by atoms with Gasteiger partial charge in [0, 0.05) is 50.1 Å². The van der Waals surface area contributed by atoms with Crippen LogP contribution in [0.25, 0.3) is 11.2 Å². The lowest BCUT2D eigenvalue weighted by Crippen LogP contribution is -2.29.